The molecular weight excluding hydrogens is 336 g/mol. The molecule has 0 heterocycles. The van der Waals surface area contributed by atoms with E-state index in [0.717, 1.165) is 11.1 Å². The molecule has 2 rings (SSSR count). The monoisotopic (exact) mass is 356 g/mol. The van der Waals surface area contributed by atoms with Crippen molar-refractivity contribution >= 4 is 15.9 Å². The topological polar surface area (TPSA) is 75.3 Å². The zero-order chi connectivity index (χ0) is 18.4. The van der Waals surface area contributed by atoms with E-state index in [1.807, 2.05) is 38.1 Å². The van der Waals surface area contributed by atoms with Crippen LogP contribution in [0.1, 0.15) is 34.5 Å². The Morgan fingerprint density at radius 1 is 1.12 bits per heavy atom. The van der Waals surface area contributed by atoms with E-state index in [2.05, 4.69) is 16.0 Å². The summed E-state index contributed by atoms with van der Waals surface area (Å²) in [6.45, 7) is 3.81. The van der Waals surface area contributed by atoms with Crippen molar-refractivity contribution in [3.63, 3.8) is 0 Å². The predicted molar refractivity (Wildman–Crippen MR) is 97.5 cm³/mol. The van der Waals surface area contributed by atoms with Crippen LogP contribution in [0.25, 0.3) is 0 Å². The number of amides is 1. The molecule has 1 atom stereocenters. The smallest absolute Gasteiger partial charge is 0.251 e. The SMILES string of the molecule is C#CCNS(=O)(=O)c1ccc(C(=O)NC(C)c2ccc(C)cc2)cc1. The van der Waals surface area contributed by atoms with Crippen molar-refractivity contribution in [2.75, 3.05) is 6.54 Å². The summed E-state index contributed by atoms with van der Waals surface area (Å²) in [4.78, 5) is 12.4. The van der Waals surface area contributed by atoms with Crippen LogP contribution in [0.15, 0.2) is 53.4 Å². The molecule has 5 nitrogen and oxygen atoms in total. The predicted octanol–water partition coefficient (Wildman–Crippen LogP) is 2.40. The van der Waals surface area contributed by atoms with Gasteiger partial charge in [-0.3, -0.25) is 4.79 Å². The Morgan fingerprint density at radius 2 is 1.72 bits per heavy atom. The fourth-order valence-corrected chi connectivity index (χ4v) is 3.16. The lowest BCUT2D eigenvalue weighted by Gasteiger charge is -2.15. The number of benzene rings is 2. The molecule has 0 bridgehead atoms. The average molecular weight is 356 g/mol. The minimum Gasteiger partial charge on any atom is -0.346 e. The van der Waals surface area contributed by atoms with Gasteiger partial charge in [0.1, 0.15) is 0 Å². The van der Waals surface area contributed by atoms with Crippen LogP contribution in [0.4, 0.5) is 0 Å². The van der Waals surface area contributed by atoms with E-state index in [1.165, 1.54) is 24.3 Å². The maximum absolute atomic E-state index is 12.3. The number of nitrogens with one attached hydrogen (secondary N) is 2. The molecular formula is C19H20N2O3S. The van der Waals surface area contributed by atoms with Gasteiger partial charge in [-0.2, -0.15) is 4.72 Å². The highest BCUT2D eigenvalue weighted by atomic mass is 32.2. The molecule has 0 radical (unpaired) electrons. The Morgan fingerprint density at radius 3 is 2.28 bits per heavy atom. The molecule has 25 heavy (non-hydrogen) atoms. The summed E-state index contributed by atoms with van der Waals surface area (Å²) in [5.41, 5.74) is 2.53. The Kier molecular flexibility index (Phi) is 5.97. The molecule has 0 aliphatic carbocycles. The summed E-state index contributed by atoms with van der Waals surface area (Å²) < 4.78 is 26.2. The van der Waals surface area contributed by atoms with Crippen LogP contribution in [0.2, 0.25) is 0 Å². The van der Waals surface area contributed by atoms with Crippen molar-refractivity contribution in [3.8, 4) is 12.3 Å². The van der Waals surface area contributed by atoms with E-state index >= 15 is 0 Å². The Balaban J connectivity index is 2.07. The molecule has 6 heteroatoms. The van der Waals surface area contributed by atoms with Crippen molar-refractivity contribution < 1.29 is 13.2 Å². The molecule has 0 saturated carbocycles. The standard InChI is InChI=1S/C19H20N2O3S/c1-4-13-20-25(23,24)18-11-9-17(10-12-18)19(22)21-15(3)16-7-5-14(2)6-8-16/h1,5-12,15,20H,13H2,2-3H3,(H,21,22). The number of aryl methyl sites for hydroxylation is 1. The largest absolute Gasteiger partial charge is 0.346 e. The molecule has 1 amide bonds. The Hall–Kier alpha value is -2.62. The first-order valence-electron chi connectivity index (χ1n) is 7.74. The number of terminal acetylenes is 1. The van der Waals surface area contributed by atoms with Crippen molar-refractivity contribution in [2.24, 2.45) is 0 Å². The molecule has 2 aromatic carbocycles. The van der Waals surface area contributed by atoms with Gasteiger partial charge in [0.25, 0.3) is 5.91 Å². The summed E-state index contributed by atoms with van der Waals surface area (Å²) in [7, 11) is -3.66. The van der Waals surface area contributed by atoms with Crippen LogP contribution in [0.5, 0.6) is 0 Å². The van der Waals surface area contributed by atoms with Gasteiger partial charge < -0.3 is 5.32 Å². The molecule has 0 fully saturated rings. The fourth-order valence-electron chi connectivity index (χ4n) is 2.22. The maximum atomic E-state index is 12.3. The van der Waals surface area contributed by atoms with Crippen LogP contribution in [0.3, 0.4) is 0 Å². The lowest BCUT2D eigenvalue weighted by atomic mass is 10.1. The second-order valence-electron chi connectivity index (χ2n) is 5.66. The van der Waals surface area contributed by atoms with Crippen LogP contribution < -0.4 is 10.0 Å². The summed E-state index contributed by atoms with van der Waals surface area (Å²) in [6.07, 6.45) is 5.05. The first-order chi connectivity index (χ1) is 11.8. The second kappa shape index (κ2) is 7.97. The number of hydrogen-bond donors (Lipinski definition) is 2. The van der Waals surface area contributed by atoms with Gasteiger partial charge in [-0.05, 0) is 43.7 Å². The first-order valence-corrected chi connectivity index (χ1v) is 9.22. The van der Waals surface area contributed by atoms with E-state index in [9.17, 15) is 13.2 Å². The molecule has 0 aliphatic heterocycles. The summed E-state index contributed by atoms with van der Waals surface area (Å²) >= 11 is 0. The first kappa shape index (κ1) is 18.7. The van der Waals surface area contributed by atoms with E-state index in [4.69, 9.17) is 6.42 Å². The molecule has 0 saturated heterocycles. The van der Waals surface area contributed by atoms with Crippen LogP contribution >= 0.6 is 0 Å². The highest BCUT2D eigenvalue weighted by molar-refractivity contribution is 7.89. The Labute approximate surface area is 148 Å². The van der Waals surface area contributed by atoms with Gasteiger partial charge in [-0.25, -0.2) is 8.42 Å². The molecule has 2 N–H and O–H groups in total. The van der Waals surface area contributed by atoms with Gasteiger partial charge in [0.05, 0.1) is 17.5 Å². The quantitative estimate of drug-likeness (QED) is 0.781. The summed E-state index contributed by atoms with van der Waals surface area (Å²) in [5.74, 6) is 1.94. The van der Waals surface area contributed by atoms with Gasteiger partial charge in [0.2, 0.25) is 10.0 Å². The van der Waals surface area contributed by atoms with E-state index in [0.29, 0.717) is 5.56 Å². The second-order valence-corrected chi connectivity index (χ2v) is 7.43. The number of sulfonamides is 1. The molecule has 0 aromatic heterocycles. The summed E-state index contributed by atoms with van der Waals surface area (Å²) in [5, 5.41) is 2.89. The van der Waals surface area contributed by atoms with Gasteiger partial charge in [0.15, 0.2) is 0 Å². The van der Waals surface area contributed by atoms with E-state index in [1.54, 1.807) is 0 Å². The minimum atomic E-state index is -3.66. The number of carbonyl (C=O) groups is 1. The van der Waals surface area contributed by atoms with Crippen molar-refractivity contribution in [2.45, 2.75) is 24.8 Å². The third-order valence-electron chi connectivity index (χ3n) is 3.72. The van der Waals surface area contributed by atoms with Gasteiger partial charge in [-0.1, -0.05) is 35.7 Å². The molecule has 2 aromatic rings. The third kappa shape index (κ3) is 4.92. The van der Waals surface area contributed by atoms with Crippen molar-refractivity contribution in [3.05, 3.63) is 65.2 Å². The molecule has 1 unspecified atom stereocenters. The van der Waals surface area contributed by atoms with E-state index < -0.39 is 10.0 Å². The molecule has 0 spiro atoms. The number of rotatable bonds is 6. The normalized spacial score (nSPS) is 12.2. The minimum absolute atomic E-state index is 0.0610. The van der Waals surface area contributed by atoms with E-state index in [-0.39, 0.29) is 23.4 Å². The number of hydrogen-bond acceptors (Lipinski definition) is 3. The lowest BCUT2D eigenvalue weighted by molar-refractivity contribution is 0.0940. The zero-order valence-corrected chi connectivity index (χ0v) is 14.9. The third-order valence-corrected chi connectivity index (χ3v) is 5.13. The van der Waals surface area contributed by atoms with Gasteiger partial charge in [-0.15, -0.1) is 6.42 Å². The van der Waals surface area contributed by atoms with Crippen molar-refractivity contribution in [1.29, 1.82) is 0 Å². The lowest BCUT2D eigenvalue weighted by Crippen LogP contribution is -2.27. The fraction of sp³-hybridized carbons (Fsp3) is 0.211. The molecule has 0 aliphatic rings. The Bertz CT molecular complexity index is 880. The molecule has 130 valence electrons. The maximum Gasteiger partial charge on any atom is 0.251 e. The van der Waals surface area contributed by atoms with Crippen LogP contribution in [-0.2, 0) is 10.0 Å². The average Bonchev–Trinajstić information content (AvgIpc) is 2.60. The zero-order valence-electron chi connectivity index (χ0n) is 14.1. The highest BCUT2D eigenvalue weighted by Gasteiger charge is 2.15. The summed E-state index contributed by atoms with van der Waals surface area (Å²) in [6, 6.07) is 13.5. The number of carbonyl (C=O) groups excluding carboxylic acids is 1. The van der Waals surface area contributed by atoms with Gasteiger partial charge >= 0.3 is 0 Å². The van der Waals surface area contributed by atoms with Crippen LogP contribution in [0, 0.1) is 19.3 Å². The van der Waals surface area contributed by atoms with Crippen molar-refractivity contribution in [1.82, 2.24) is 10.0 Å². The van der Waals surface area contributed by atoms with Gasteiger partial charge in [0, 0.05) is 5.56 Å². The van der Waals surface area contributed by atoms with Crippen LogP contribution in [-0.4, -0.2) is 20.9 Å². The highest BCUT2D eigenvalue weighted by Crippen LogP contribution is 2.15.